The third kappa shape index (κ3) is 6.11. The van der Waals surface area contributed by atoms with Crippen molar-refractivity contribution in [1.82, 2.24) is 10.2 Å². The van der Waals surface area contributed by atoms with Gasteiger partial charge >= 0.3 is 0 Å². The number of aromatic nitrogens is 2. The third-order valence-corrected chi connectivity index (χ3v) is 4.83. The quantitative estimate of drug-likeness (QED) is 0.340. The molecule has 0 aliphatic rings. The average Bonchev–Trinajstić information content (AvgIpc) is 2.81. The Hall–Kier alpha value is -3.80. The van der Waals surface area contributed by atoms with Crippen molar-refractivity contribution in [2.24, 2.45) is 0 Å². The first-order valence-corrected chi connectivity index (χ1v) is 10.3. The highest BCUT2D eigenvalue weighted by Crippen LogP contribution is 2.27. The van der Waals surface area contributed by atoms with Crippen LogP contribution in [0.5, 0.6) is 11.6 Å². The van der Waals surface area contributed by atoms with Crippen molar-refractivity contribution < 1.29 is 18.3 Å². The monoisotopic (exact) mass is 432 g/mol. The van der Waals surface area contributed by atoms with E-state index in [1.807, 2.05) is 60.7 Å². The topological polar surface area (TPSA) is 44.2 Å². The van der Waals surface area contributed by atoms with Crippen LogP contribution in [-0.4, -0.2) is 10.2 Å². The van der Waals surface area contributed by atoms with E-state index in [2.05, 4.69) is 10.2 Å². The molecule has 3 aromatic carbocycles. The molecule has 0 saturated heterocycles. The lowest BCUT2D eigenvalue weighted by atomic mass is 10.1. The average molecular weight is 432 g/mol. The summed E-state index contributed by atoms with van der Waals surface area (Å²) in [6.45, 7) is 0.682. The van der Waals surface area contributed by atoms with Gasteiger partial charge in [-0.3, -0.25) is 0 Å². The number of hydrogen-bond acceptors (Lipinski definition) is 4. The minimum absolute atomic E-state index is 0.297. The standard InChI is InChI=1S/C26H22F2N2O2/c27-22-13-21(14-23(28)15-22)11-12-24-16-25(31-17-19-7-3-1-4-8-19)26(30-29-24)32-18-20-9-5-2-6-10-20/h1-10,13-16H,11-12,17-18H2. The summed E-state index contributed by atoms with van der Waals surface area (Å²) in [6.07, 6.45) is 0.877. The Morgan fingerprint density at radius 3 is 1.81 bits per heavy atom. The van der Waals surface area contributed by atoms with Gasteiger partial charge in [0.15, 0.2) is 5.75 Å². The maximum atomic E-state index is 13.5. The molecule has 4 nitrogen and oxygen atoms in total. The largest absolute Gasteiger partial charge is 0.483 e. The fourth-order valence-corrected chi connectivity index (χ4v) is 3.22. The van der Waals surface area contributed by atoms with E-state index in [0.717, 1.165) is 17.2 Å². The lowest BCUT2D eigenvalue weighted by Gasteiger charge is -2.13. The van der Waals surface area contributed by atoms with Gasteiger partial charge in [-0.15, -0.1) is 5.10 Å². The van der Waals surface area contributed by atoms with Gasteiger partial charge in [0.25, 0.3) is 5.88 Å². The van der Waals surface area contributed by atoms with Crippen LogP contribution in [0.25, 0.3) is 0 Å². The van der Waals surface area contributed by atoms with Crippen molar-refractivity contribution in [2.45, 2.75) is 26.1 Å². The molecular formula is C26H22F2N2O2. The molecule has 0 fully saturated rings. The molecule has 0 bridgehead atoms. The Morgan fingerprint density at radius 2 is 1.19 bits per heavy atom. The lowest BCUT2D eigenvalue weighted by molar-refractivity contribution is 0.243. The van der Waals surface area contributed by atoms with Gasteiger partial charge in [-0.2, -0.15) is 5.10 Å². The van der Waals surface area contributed by atoms with Crippen LogP contribution >= 0.6 is 0 Å². The molecule has 0 unspecified atom stereocenters. The zero-order valence-electron chi connectivity index (χ0n) is 17.4. The summed E-state index contributed by atoms with van der Waals surface area (Å²) in [7, 11) is 0. The number of ether oxygens (including phenoxy) is 2. The summed E-state index contributed by atoms with van der Waals surface area (Å²) in [4.78, 5) is 0. The van der Waals surface area contributed by atoms with Crippen LogP contribution in [0, 0.1) is 11.6 Å². The van der Waals surface area contributed by atoms with Gasteiger partial charge in [-0.25, -0.2) is 8.78 Å². The van der Waals surface area contributed by atoms with E-state index in [1.54, 1.807) is 6.07 Å². The number of aryl methyl sites for hydroxylation is 2. The second-order valence-corrected chi connectivity index (χ2v) is 7.33. The van der Waals surface area contributed by atoms with Crippen molar-refractivity contribution in [3.8, 4) is 11.6 Å². The molecule has 0 aliphatic heterocycles. The predicted molar refractivity (Wildman–Crippen MR) is 117 cm³/mol. The van der Waals surface area contributed by atoms with E-state index in [-0.39, 0.29) is 0 Å². The van der Waals surface area contributed by atoms with E-state index in [9.17, 15) is 8.78 Å². The molecule has 0 saturated carbocycles. The van der Waals surface area contributed by atoms with Crippen molar-refractivity contribution in [1.29, 1.82) is 0 Å². The fourth-order valence-electron chi connectivity index (χ4n) is 3.22. The number of hydrogen-bond donors (Lipinski definition) is 0. The van der Waals surface area contributed by atoms with Crippen LogP contribution < -0.4 is 9.47 Å². The zero-order chi connectivity index (χ0) is 22.2. The number of benzene rings is 3. The highest BCUT2D eigenvalue weighted by molar-refractivity contribution is 5.35. The van der Waals surface area contributed by atoms with Gasteiger partial charge < -0.3 is 9.47 Å². The zero-order valence-corrected chi connectivity index (χ0v) is 17.4. The van der Waals surface area contributed by atoms with Crippen molar-refractivity contribution in [3.63, 3.8) is 0 Å². The number of halogens is 2. The molecule has 1 aromatic heterocycles. The molecule has 0 atom stereocenters. The summed E-state index contributed by atoms with van der Waals surface area (Å²) >= 11 is 0. The molecule has 0 radical (unpaired) electrons. The molecule has 0 amide bonds. The first-order chi connectivity index (χ1) is 15.7. The van der Waals surface area contributed by atoms with Crippen LogP contribution in [0.1, 0.15) is 22.4 Å². The minimum Gasteiger partial charge on any atom is -0.483 e. The Labute approximate surface area is 185 Å². The van der Waals surface area contributed by atoms with E-state index >= 15 is 0 Å². The fraction of sp³-hybridized carbons (Fsp3) is 0.154. The number of nitrogens with zero attached hydrogens (tertiary/aromatic N) is 2. The second-order valence-electron chi connectivity index (χ2n) is 7.33. The molecule has 0 aliphatic carbocycles. The van der Waals surface area contributed by atoms with E-state index in [1.165, 1.54) is 12.1 Å². The molecular weight excluding hydrogens is 410 g/mol. The van der Waals surface area contributed by atoms with Crippen LogP contribution in [0.4, 0.5) is 8.78 Å². The van der Waals surface area contributed by atoms with E-state index in [4.69, 9.17) is 9.47 Å². The first kappa shape index (κ1) is 21.4. The first-order valence-electron chi connectivity index (χ1n) is 10.3. The normalized spacial score (nSPS) is 10.7. The molecule has 4 aromatic rings. The summed E-state index contributed by atoms with van der Waals surface area (Å²) in [5.74, 6) is -0.421. The maximum Gasteiger partial charge on any atom is 0.276 e. The van der Waals surface area contributed by atoms with Crippen LogP contribution in [0.3, 0.4) is 0 Å². The van der Waals surface area contributed by atoms with Crippen LogP contribution in [0.2, 0.25) is 0 Å². The molecule has 4 rings (SSSR count). The van der Waals surface area contributed by atoms with Crippen molar-refractivity contribution >= 4 is 0 Å². The van der Waals surface area contributed by atoms with Crippen LogP contribution in [0.15, 0.2) is 84.9 Å². The van der Waals surface area contributed by atoms with E-state index < -0.39 is 11.6 Å². The Kier molecular flexibility index (Phi) is 7.02. The predicted octanol–water partition coefficient (Wildman–Crippen LogP) is 5.70. The van der Waals surface area contributed by atoms with Gasteiger partial charge in [0, 0.05) is 12.1 Å². The molecule has 0 spiro atoms. The van der Waals surface area contributed by atoms with Gasteiger partial charge in [-0.05, 0) is 41.7 Å². The number of rotatable bonds is 9. The molecule has 0 N–H and O–H groups in total. The summed E-state index contributed by atoms with van der Waals surface area (Å²) in [5, 5.41) is 8.43. The minimum atomic E-state index is -0.595. The van der Waals surface area contributed by atoms with Crippen molar-refractivity contribution in [2.75, 3.05) is 0 Å². The third-order valence-electron chi connectivity index (χ3n) is 4.83. The summed E-state index contributed by atoms with van der Waals surface area (Å²) in [6, 6.07) is 24.8. The van der Waals surface area contributed by atoms with Crippen LogP contribution in [-0.2, 0) is 26.1 Å². The van der Waals surface area contributed by atoms with Gasteiger partial charge in [0.2, 0.25) is 0 Å². The van der Waals surface area contributed by atoms with Gasteiger partial charge in [0.05, 0.1) is 5.69 Å². The lowest BCUT2D eigenvalue weighted by Crippen LogP contribution is -2.06. The molecule has 162 valence electrons. The SMILES string of the molecule is Fc1cc(F)cc(CCc2cc(OCc3ccccc3)c(OCc3ccccc3)nn2)c1. The summed E-state index contributed by atoms with van der Waals surface area (Å²) < 4.78 is 38.8. The summed E-state index contributed by atoms with van der Waals surface area (Å²) in [5.41, 5.74) is 3.21. The highest BCUT2D eigenvalue weighted by Gasteiger charge is 2.12. The van der Waals surface area contributed by atoms with Gasteiger partial charge in [0.1, 0.15) is 24.8 Å². The Morgan fingerprint density at radius 1 is 0.594 bits per heavy atom. The van der Waals surface area contributed by atoms with Gasteiger partial charge in [-0.1, -0.05) is 60.7 Å². The molecule has 1 heterocycles. The highest BCUT2D eigenvalue weighted by atomic mass is 19.1. The smallest absolute Gasteiger partial charge is 0.276 e. The Balaban J connectivity index is 1.49. The van der Waals surface area contributed by atoms with Crippen molar-refractivity contribution in [3.05, 3.63) is 119 Å². The second kappa shape index (κ2) is 10.5. The maximum absolute atomic E-state index is 13.5. The molecule has 32 heavy (non-hydrogen) atoms. The van der Waals surface area contributed by atoms with E-state index in [0.29, 0.717) is 48.9 Å². The Bertz CT molecular complexity index is 1130. The molecule has 6 heteroatoms.